The number of rotatable bonds is 3. The van der Waals surface area contributed by atoms with E-state index in [9.17, 15) is 0 Å². The second-order valence-electron chi connectivity index (χ2n) is 15.0. The van der Waals surface area contributed by atoms with Crippen molar-refractivity contribution in [2.75, 3.05) is 0 Å². The first-order valence-electron chi connectivity index (χ1n) is 18.7. The van der Waals surface area contributed by atoms with Crippen LogP contribution in [0.15, 0.2) is 169 Å². The van der Waals surface area contributed by atoms with E-state index in [0.29, 0.717) is 28.9 Å². The molecule has 0 aromatic heterocycles. The van der Waals surface area contributed by atoms with E-state index in [0.717, 1.165) is 0 Å². The van der Waals surface area contributed by atoms with Gasteiger partial charge in [0.25, 0.3) is 0 Å². The molecule has 0 nitrogen and oxygen atoms in total. The first kappa shape index (κ1) is 29.6. The fourth-order valence-electron chi connectivity index (χ4n) is 10.2. The van der Waals surface area contributed by atoms with Gasteiger partial charge in [-0.2, -0.15) is 0 Å². The minimum Gasteiger partial charge on any atom is -0.121 e. The van der Waals surface area contributed by atoms with E-state index in [1.807, 2.05) is 0 Å². The summed E-state index contributed by atoms with van der Waals surface area (Å²) in [6, 6.07) is 57.7. The Hall–Kier alpha value is -5.11. The van der Waals surface area contributed by atoms with Gasteiger partial charge in [0, 0.05) is 10.1 Å². The molecule has 1 heteroatoms. The van der Waals surface area contributed by atoms with E-state index in [1.54, 1.807) is 5.56 Å². The third-order valence-corrected chi connectivity index (χ3v) is 14.0. The van der Waals surface area contributed by atoms with E-state index in [2.05, 4.69) is 176 Å². The minimum absolute atomic E-state index is 0.525. The highest BCUT2D eigenvalue weighted by atomic mass is 32.2. The first-order valence-corrected chi connectivity index (χ1v) is 19.6. The SMILES string of the molecule is C1=CC2C(CC1)C(c1ccc3c(-c4ccc5ccccc5c4)c4ccccc4c(-c4ccc5ccccc5c4)c3c1)CC1c3ccccc3SC12. The fraction of sp³-hybridized carbons (Fsp3) is 0.160. The number of allylic oxidation sites excluding steroid dienone is 2. The summed E-state index contributed by atoms with van der Waals surface area (Å²) in [5.74, 6) is 2.40. The van der Waals surface area contributed by atoms with Crippen molar-refractivity contribution < 1.29 is 0 Å². The van der Waals surface area contributed by atoms with Crippen LogP contribution in [-0.2, 0) is 0 Å². The highest BCUT2D eigenvalue weighted by molar-refractivity contribution is 8.00. The number of thioether (sulfide) groups is 1. The third-order valence-electron chi connectivity index (χ3n) is 12.5. The lowest BCUT2D eigenvalue weighted by molar-refractivity contribution is 0.210. The first-order chi connectivity index (χ1) is 25.3. The van der Waals surface area contributed by atoms with Crippen LogP contribution in [0.1, 0.15) is 42.2 Å². The summed E-state index contributed by atoms with van der Waals surface area (Å²) < 4.78 is 0. The number of hydrogen-bond acceptors (Lipinski definition) is 1. The van der Waals surface area contributed by atoms with Crippen LogP contribution in [0.5, 0.6) is 0 Å². The maximum absolute atomic E-state index is 2.63. The quantitative estimate of drug-likeness (QED) is 0.133. The molecule has 1 saturated carbocycles. The molecule has 0 saturated heterocycles. The molecular formula is C50H38S. The Morgan fingerprint density at radius 3 is 1.82 bits per heavy atom. The van der Waals surface area contributed by atoms with Crippen molar-refractivity contribution in [3.8, 4) is 22.3 Å². The molecule has 2 aliphatic carbocycles. The number of fused-ring (bicyclic) bond motifs is 9. The zero-order chi connectivity index (χ0) is 33.5. The molecule has 11 rings (SSSR count). The summed E-state index contributed by atoms with van der Waals surface area (Å²) >= 11 is 2.16. The average molecular weight is 671 g/mol. The molecule has 0 spiro atoms. The number of hydrogen-bond donors (Lipinski definition) is 0. The van der Waals surface area contributed by atoms with E-state index in [4.69, 9.17) is 0 Å². The zero-order valence-electron chi connectivity index (χ0n) is 28.5. The summed E-state index contributed by atoms with van der Waals surface area (Å²) in [5, 5.41) is 11.1. The largest absolute Gasteiger partial charge is 0.121 e. The van der Waals surface area contributed by atoms with Gasteiger partial charge >= 0.3 is 0 Å². The molecular weight excluding hydrogens is 633 g/mol. The van der Waals surface area contributed by atoms with Gasteiger partial charge in [0.15, 0.2) is 0 Å². The van der Waals surface area contributed by atoms with Crippen LogP contribution < -0.4 is 0 Å². The summed E-state index contributed by atoms with van der Waals surface area (Å²) in [7, 11) is 0. The smallest absolute Gasteiger partial charge is 0.0229 e. The minimum atomic E-state index is 0.525. The van der Waals surface area contributed by atoms with Crippen molar-refractivity contribution in [2.45, 2.75) is 41.2 Å². The van der Waals surface area contributed by atoms with E-state index in [-0.39, 0.29) is 0 Å². The van der Waals surface area contributed by atoms with Crippen LogP contribution in [0, 0.1) is 11.8 Å². The molecule has 8 aromatic carbocycles. The summed E-state index contributed by atoms with van der Waals surface area (Å²) in [4.78, 5) is 1.51. The monoisotopic (exact) mass is 670 g/mol. The van der Waals surface area contributed by atoms with Crippen molar-refractivity contribution in [2.24, 2.45) is 11.8 Å². The molecule has 51 heavy (non-hydrogen) atoms. The molecule has 8 aromatic rings. The van der Waals surface area contributed by atoms with E-state index >= 15 is 0 Å². The van der Waals surface area contributed by atoms with Crippen LogP contribution in [0.3, 0.4) is 0 Å². The zero-order valence-corrected chi connectivity index (χ0v) is 29.3. The standard InChI is InChI=1S/C50H38S/c1-3-13-33-27-36(23-21-31(33)11-1)48-40-17-6-7-18-41(40)49(37-24-22-32-12-2-4-14-34(32)28-37)45-29-35(25-26-42(45)48)44-30-46-39-16-9-10-20-47(39)51-50(46)43-19-8-5-15-38(43)44/h1-4,6-14,16-29,38,43-44,46,50H,5,15,30H2. The van der Waals surface area contributed by atoms with Gasteiger partial charge in [-0.25, -0.2) is 0 Å². The lowest BCUT2D eigenvalue weighted by atomic mass is 9.61. The Balaban J connectivity index is 1.17. The second-order valence-corrected chi connectivity index (χ2v) is 16.3. The molecule has 5 atom stereocenters. The Morgan fingerprint density at radius 2 is 1.10 bits per heavy atom. The van der Waals surface area contributed by atoms with Gasteiger partial charge in [0.1, 0.15) is 0 Å². The molecule has 1 heterocycles. The van der Waals surface area contributed by atoms with Gasteiger partial charge in [-0.3, -0.25) is 0 Å². The van der Waals surface area contributed by atoms with Crippen LogP contribution in [0.25, 0.3) is 65.3 Å². The number of benzene rings is 8. The van der Waals surface area contributed by atoms with Gasteiger partial charge in [-0.05, 0) is 138 Å². The van der Waals surface area contributed by atoms with Crippen LogP contribution in [0.2, 0.25) is 0 Å². The maximum atomic E-state index is 2.63. The highest BCUT2D eigenvalue weighted by Crippen LogP contribution is 2.61. The van der Waals surface area contributed by atoms with Gasteiger partial charge in [-0.1, -0.05) is 146 Å². The maximum Gasteiger partial charge on any atom is 0.0229 e. The van der Waals surface area contributed by atoms with Crippen molar-refractivity contribution in [3.63, 3.8) is 0 Å². The van der Waals surface area contributed by atoms with Crippen molar-refractivity contribution >= 4 is 54.9 Å². The summed E-state index contributed by atoms with van der Waals surface area (Å²) in [6.45, 7) is 0. The molecule has 1 aliphatic heterocycles. The van der Waals surface area contributed by atoms with Gasteiger partial charge < -0.3 is 0 Å². The Morgan fingerprint density at radius 1 is 0.490 bits per heavy atom. The van der Waals surface area contributed by atoms with Gasteiger partial charge in [0.2, 0.25) is 0 Å². The van der Waals surface area contributed by atoms with Gasteiger partial charge in [-0.15, -0.1) is 11.8 Å². The molecule has 0 amide bonds. The fourth-order valence-corrected chi connectivity index (χ4v) is 11.9. The molecule has 5 unspecified atom stereocenters. The van der Waals surface area contributed by atoms with Crippen LogP contribution in [0.4, 0.5) is 0 Å². The predicted octanol–water partition coefficient (Wildman–Crippen LogP) is 14.0. The van der Waals surface area contributed by atoms with Gasteiger partial charge in [0.05, 0.1) is 0 Å². The Bertz CT molecular complexity index is 2700. The normalized spacial score (nSPS) is 22.3. The average Bonchev–Trinajstić information content (AvgIpc) is 3.58. The third kappa shape index (κ3) is 4.68. The topological polar surface area (TPSA) is 0 Å². The van der Waals surface area contributed by atoms with E-state index < -0.39 is 0 Å². The molecule has 0 radical (unpaired) electrons. The molecule has 3 aliphatic rings. The Kier molecular flexibility index (Phi) is 6.80. The molecule has 0 bridgehead atoms. The summed E-state index contributed by atoms with van der Waals surface area (Å²) in [6.07, 6.45) is 8.78. The summed E-state index contributed by atoms with van der Waals surface area (Å²) in [5.41, 5.74) is 8.37. The molecule has 0 N–H and O–H groups in total. The Labute approximate surface area is 303 Å². The van der Waals surface area contributed by atoms with Crippen molar-refractivity contribution in [3.05, 3.63) is 175 Å². The van der Waals surface area contributed by atoms with Crippen LogP contribution >= 0.6 is 11.8 Å². The highest BCUT2D eigenvalue weighted by Gasteiger charge is 2.48. The van der Waals surface area contributed by atoms with Crippen molar-refractivity contribution in [1.29, 1.82) is 0 Å². The lowest BCUT2D eigenvalue weighted by Crippen LogP contribution is -2.38. The lowest BCUT2D eigenvalue weighted by Gasteiger charge is -2.45. The molecule has 1 fully saturated rings. The second kappa shape index (κ2) is 11.7. The predicted molar refractivity (Wildman–Crippen MR) is 219 cm³/mol. The molecule has 244 valence electrons. The van der Waals surface area contributed by atoms with Crippen LogP contribution in [-0.4, -0.2) is 5.25 Å². The van der Waals surface area contributed by atoms with E-state index in [1.165, 1.54) is 95.1 Å². The van der Waals surface area contributed by atoms with Crippen molar-refractivity contribution in [1.82, 2.24) is 0 Å².